The SMILES string of the molecule is O=C(c1cnn(C2CCN(C(=O)N3CCC(O)CC3)CC2)c1C1CC1)N1CC[C@@H](c2ccccc2C(F)(F)F)C1. The van der Waals surface area contributed by atoms with Crippen molar-refractivity contribution in [1.82, 2.24) is 24.5 Å². The number of aliphatic hydroxyl groups is 1. The molecule has 2 aromatic rings. The molecular weight excluding hydrogens is 523 g/mol. The second-order valence-electron chi connectivity index (χ2n) is 11.7. The molecule has 0 unspecified atom stereocenters. The topological polar surface area (TPSA) is 81.9 Å². The first-order valence-electron chi connectivity index (χ1n) is 14.5. The van der Waals surface area contributed by atoms with Crippen molar-refractivity contribution < 1.29 is 27.9 Å². The van der Waals surface area contributed by atoms with Crippen LogP contribution in [0.3, 0.4) is 0 Å². The fraction of sp³-hybridized carbons (Fsp3) is 0.621. The molecular formula is C29H36F3N5O3. The first-order chi connectivity index (χ1) is 19.2. The van der Waals surface area contributed by atoms with Crippen molar-refractivity contribution >= 4 is 11.9 Å². The molecule has 1 aromatic carbocycles. The van der Waals surface area contributed by atoms with Gasteiger partial charge in [-0.15, -0.1) is 0 Å². The quantitative estimate of drug-likeness (QED) is 0.593. The normalized spacial score (nSPS) is 23.2. The zero-order valence-electron chi connectivity index (χ0n) is 22.5. The molecule has 1 saturated carbocycles. The Morgan fingerprint density at radius 1 is 0.825 bits per heavy atom. The molecule has 0 bridgehead atoms. The van der Waals surface area contributed by atoms with Crippen LogP contribution in [0.2, 0.25) is 0 Å². The minimum atomic E-state index is -4.43. The number of likely N-dealkylation sites (tertiary alicyclic amines) is 3. The molecule has 4 heterocycles. The molecule has 3 saturated heterocycles. The van der Waals surface area contributed by atoms with E-state index in [1.54, 1.807) is 17.2 Å². The lowest BCUT2D eigenvalue weighted by Crippen LogP contribution is -2.50. The van der Waals surface area contributed by atoms with E-state index < -0.39 is 11.7 Å². The largest absolute Gasteiger partial charge is 0.416 e. The lowest BCUT2D eigenvalue weighted by molar-refractivity contribution is -0.138. The Kier molecular flexibility index (Phi) is 7.27. The molecule has 1 aliphatic carbocycles. The second-order valence-corrected chi connectivity index (χ2v) is 11.7. The average molecular weight is 560 g/mol. The molecule has 1 N–H and O–H groups in total. The van der Waals surface area contributed by atoms with E-state index in [-0.39, 0.29) is 48.0 Å². The first-order valence-corrected chi connectivity index (χ1v) is 14.5. The van der Waals surface area contributed by atoms with Gasteiger partial charge in [0, 0.05) is 51.1 Å². The van der Waals surface area contributed by atoms with Crippen LogP contribution in [0.4, 0.5) is 18.0 Å². The van der Waals surface area contributed by atoms with E-state index in [0.29, 0.717) is 57.5 Å². The highest BCUT2D eigenvalue weighted by atomic mass is 19.4. The van der Waals surface area contributed by atoms with Crippen molar-refractivity contribution in [3.63, 3.8) is 0 Å². The molecule has 0 radical (unpaired) electrons. The van der Waals surface area contributed by atoms with Crippen molar-refractivity contribution in [2.75, 3.05) is 39.3 Å². The summed E-state index contributed by atoms with van der Waals surface area (Å²) in [6.07, 6.45) is 2.09. The number of urea groups is 1. The number of amides is 3. The Labute approximate surface area is 231 Å². The van der Waals surface area contributed by atoms with Crippen LogP contribution in [-0.2, 0) is 6.18 Å². The smallest absolute Gasteiger partial charge is 0.393 e. The summed E-state index contributed by atoms with van der Waals surface area (Å²) in [5, 5.41) is 14.4. The van der Waals surface area contributed by atoms with Gasteiger partial charge < -0.3 is 19.8 Å². The maximum atomic E-state index is 13.7. The van der Waals surface area contributed by atoms with E-state index in [0.717, 1.165) is 37.4 Å². The van der Waals surface area contributed by atoms with Crippen LogP contribution in [0.15, 0.2) is 30.5 Å². The number of hydrogen-bond acceptors (Lipinski definition) is 4. The molecule has 3 aliphatic heterocycles. The van der Waals surface area contributed by atoms with Gasteiger partial charge in [-0.05, 0) is 56.6 Å². The van der Waals surface area contributed by atoms with Crippen LogP contribution in [0.25, 0.3) is 0 Å². The monoisotopic (exact) mass is 559 g/mol. The van der Waals surface area contributed by atoms with Crippen LogP contribution in [0, 0.1) is 0 Å². The van der Waals surface area contributed by atoms with E-state index in [1.165, 1.54) is 12.1 Å². The van der Waals surface area contributed by atoms with Gasteiger partial charge in [0.15, 0.2) is 0 Å². The standard InChI is InChI=1S/C29H36F3N5O3/c30-29(31,32)25-4-2-1-3-23(25)20-7-12-36(18-20)27(39)24-17-33-37(26(24)19-5-6-19)21-8-13-34(14-9-21)28(40)35-15-10-22(38)11-16-35/h1-4,17,19-22,38H,5-16,18H2/t20-/m1/s1. The lowest BCUT2D eigenvalue weighted by Gasteiger charge is -2.38. The van der Waals surface area contributed by atoms with Crippen molar-refractivity contribution in [3.05, 3.63) is 52.8 Å². The van der Waals surface area contributed by atoms with Gasteiger partial charge in [-0.3, -0.25) is 9.48 Å². The number of nitrogens with zero attached hydrogens (tertiary/aromatic N) is 5. The summed E-state index contributed by atoms with van der Waals surface area (Å²) in [5.74, 6) is -0.239. The molecule has 0 spiro atoms. The van der Waals surface area contributed by atoms with Gasteiger partial charge in [0.05, 0.1) is 35.2 Å². The molecule has 3 amide bonds. The van der Waals surface area contributed by atoms with Crippen LogP contribution < -0.4 is 0 Å². The number of hydrogen-bond donors (Lipinski definition) is 1. The molecule has 6 rings (SSSR count). The second kappa shape index (κ2) is 10.7. The highest BCUT2D eigenvalue weighted by Crippen LogP contribution is 2.44. The Balaban J connectivity index is 1.13. The van der Waals surface area contributed by atoms with E-state index in [9.17, 15) is 27.9 Å². The Bertz CT molecular complexity index is 1240. The fourth-order valence-electron chi connectivity index (χ4n) is 6.63. The first kappa shape index (κ1) is 27.1. The van der Waals surface area contributed by atoms with Gasteiger partial charge in [-0.25, -0.2) is 4.79 Å². The minimum Gasteiger partial charge on any atom is -0.393 e. The van der Waals surface area contributed by atoms with Gasteiger partial charge in [0.1, 0.15) is 0 Å². The van der Waals surface area contributed by atoms with Crippen molar-refractivity contribution in [1.29, 1.82) is 0 Å². The van der Waals surface area contributed by atoms with Crippen molar-refractivity contribution in [2.24, 2.45) is 0 Å². The molecule has 4 aliphatic rings. The summed E-state index contributed by atoms with van der Waals surface area (Å²) in [6.45, 7) is 3.06. The van der Waals surface area contributed by atoms with E-state index in [4.69, 9.17) is 0 Å². The van der Waals surface area contributed by atoms with Crippen LogP contribution in [-0.4, -0.2) is 86.9 Å². The Hall–Kier alpha value is -3.08. The Morgan fingerprint density at radius 2 is 1.45 bits per heavy atom. The summed E-state index contributed by atoms with van der Waals surface area (Å²) >= 11 is 0. The number of aliphatic hydroxyl groups excluding tert-OH is 1. The molecule has 4 fully saturated rings. The predicted molar refractivity (Wildman–Crippen MR) is 141 cm³/mol. The number of carbonyl (C=O) groups excluding carboxylic acids is 2. The third-order valence-electron chi connectivity index (χ3n) is 9.03. The Morgan fingerprint density at radius 3 is 2.10 bits per heavy atom. The van der Waals surface area contributed by atoms with Gasteiger partial charge in [0.25, 0.3) is 5.91 Å². The van der Waals surface area contributed by atoms with Gasteiger partial charge in [-0.2, -0.15) is 18.3 Å². The average Bonchev–Trinajstić information content (AvgIpc) is 3.50. The van der Waals surface area contributed by atoms with Gasteiger partial charge in [0.2, 0.25) is 0 Å². The van der Waals surface area contributed by atoms with Crippen molar-refractivity contribution in [2.45, 2.75) is 75.1 Å². The zero-order valence-corrected chi connectivity index (χ0v) is 22.5. The fourth-order valence-corrected chi connectivity index (χ4v) is 6.63. The molecule has 8 nitrogen and oxygen atoms in total. The summed E-state index contributed by atoms with van der Waals surface area (Å²) in [6, 6.07) is 5.79. The molecule has 11 heteroatoms. The summed E-state index contributed by atoms with van der Waals surface area (Å²) < 4.78 is 42.8. The highest BCUT2D eigenvalue weighted by Gasteiger charge is 2.40. The molecule has 1 atom stereocenters. The summed E-state index contributed by atoms with van der Waals surface area (Å²) in [4.78, 5) is 32.0. The maximum Gasteiger partial charge on any atom is 0.416 e. The maximum absolute atomic E-state index is 13.7. The van der Waals surface area contributed by atoms with Crippen LogP contribution in [0.5, 0.6) is 0 Å². The number of aromatic nitrogens is 2. The number of rotatable bonds is 4. The third-order valence-corrected chi connectivity index (χ3v) is 9.03. The molecule has 1 aromatic heterocycles. The summed E-state index contributed by atoms with van der Waals surface area (Å²) in [7, 11) is 0. The molecule has 40 heavy (non-hydrogen) atoms. The molecule has 216 valence electrons. The number of piperidine rings is 2. The number of benzene rings is 1. The predicted octanol–water partition coefficient (Wildman–Crippen LogP) is 4.62. The van der Waals surface area contributed by atoms with Gasteiger partial charge in [-0.1, -0.05) is 18.2 Å². The number of carbonyl (C=O) groups is 2. The van der Waals surface area contributed by atoms with E-state index in [1.807, 2.05) is 14.5 Å². The third kappa shape index (κ3) is 5.32. The zero-order chi connectivity index (χ0) is 28.0. The number of alkyl halides is 3. The van der Waals surface area contributed by atoms with E-state index >= 15 is 0 Å². The minimum absolute atomic E-state index is 0.0276. The highest BCUT2D eigenvalue weighted by molar-refractivity contribution is 5.95. The van der Waals surface area contributed by atoms with Gasteiger partial charge >= 0.3 is 12.2 Å². The van der Waals surface area contributed by atoms with Crippen LogP contribution in [0.1, 0.15) is 90.0 Å². The number of halogens is 3. The lowest BCUT2D eigenvalue weighted by atomic mass is 9.93. The van der Waals surface area contributed by atoms with Crippen LogP contribution >= 0.6 is 0 Å². The van der Waals surface area contributed by atoms with Crippen molar-refractivity contribution in [3.8, 4) is 0 Å². The summed E-state index contributed by atoms with van der Waals surface area (Å²) in [5.41, 5.74) is 1.14. The van der Waals surface area contributed by atoms with E-state index in [2.05, 4.69) is 5.10 Å².